The minimum Gasteiger partial charge on any atom is -0.255 e. The van der Waals surface area contributed by atoms with Gasteiger partial charge in [-0.1, -0.05) is 6.07 Å². The first-order valence-corrected chi connectivity index (χ1v) is 5.91. The molecule has 0 fully saturated rings. The molecule has 3 heteroatoms. The van der Waals surface area contributed by atoms with Crippen LogP contribution in [0.25, 0.3) is 10.9 Å². The van der Waals surface area contributed by atoms with E-state index in [-0.39, 0.29) is 0 Å². The summed E-state index contributed by atoms with van der Waals surface area (Å²) in [5.41, 5.74) is 1.05. The number of hydrogen-bond donors (Lipinski definition) is 0. The molecular formula is C10H8BrNS. The maximum absolute atomic E-state index is 4.33. The predicted molar refractivity (Wildman–Crippen MR) is 61.2 cm³/mol. The van der Waals surface area contributed by atoms with Crippen molar-refractivity contribution in [3.63, 3.8) is 0 Å². The number of pyridine rings is 1. The second kappa shape index (κ2) is 3.68. The highest BCUT2D eigenvalue weighted by Crippen LogP contribution is 2.26. The monoisotopic (exact) mass is 253 g/mol. The summed E-state index contributed by atoms with van der Waals surface area (Å²) < 4.78 is 1.03. The van der Waals surface area contributed by atoms with Crippen molar-refractivity contribution in [2.45, 2.75) is 4.90 Å². The Labute approximate surface area is 89.7 Å². The molecular weight excluding hydrogens is 246 g/mol. The number of thioether (sulfide) groups is 1. The van der Waals surface area contributed by atoms with Crippen molar-refractivity contribution < 1.29 is 0 Å². The number of aromatic nitrogens is 1. The van der Waals surface area contributed by atoms with Crippen LogP contribution in [-0.2, 0) is 0 Å². The molecule has 0 saturated heterocycles. The standard InChI is InChI=1S/C10H8BrNS/c1-13-10-4-2-3-9-8(10)5-7(11)6-12-9/h2-6H,1H3. The normalized spacial score (nSPS) is 10.6. The zero-order valence-corrected chi connectivity index (χ0v) is 9.52. The third-order valence-corrected chi connectivity index (χ3v) is 3.10. The molecule has 0 aliphatic rings. The molecule has 1 aromatic carbocycles. The SMILES string of the molecule is CSc1cccc2ncc(Br)cc12. The van der Waals surface area contributed by atoms with E-state index in [2.05, 4.69) is 39.3 Å². The Bertz CT molecular complexity index is 442. The van der Waals surface area contributed by atoms with Gasteiger partial charge in [0.25, 0.3) is 0 Å². The van der Waals surface area contributed by atoms with Crippen molar-refractivity contribution in [1.82, 2.24) is 4.98 Å². The zero-order chi connectivity index (χ0) is 9.26. The largest absolute Gasteiger partial charge is 0.255 e. The summed E-state index contributed by atoms with van der Waals surface area (Å²) in [6.45, 7) is 0. The third kappa shape index (κ3) is 1.71. The average molecular weight is 254 g/mol. The van der Waals surface area contributed by atoms with E-state index in [1.54, 1.807) is 11.8 Å². The quantitative estimate of drug-likeness (QED) is 0.719. The number of halogens is 1. The molecule has 13 heavy (non-hydrogen) atoms. The van der Waals surface area contributed by atoms with Gasteiger partial charge in [0.1, 0.15) is 0 Å². The lowest BCUT2D eigenvalue weighted by Crippen LogP contribution is -1.80. The van der Waals surface area contributed by atoms with Gasteiger partial charge in [-0.05, 0) is 40.4 Å². The van der Waals surface area contributed by atoms with Gasteiger partial charge < -0.3 is 0 Å². The molecule has 66 valence electrons. The molecule has 0 aliphatic carbocycles. The van der Waals surface area contributed by atoms with Gasteiger partial charge in [-0.25, -0.2) is 0 Å². The van der Waals surface area contributed by atoms with Gasteiger partial charge in [-0.2, -0.15) is 0 Å². The van der Waals surface area contributed by atoms with Crippen molar-refractivity contribution in [2.24, 2.45) is 0 Å². The average Bonchev–Trinajstić information content (AvgIpc) is 2.17. The van der Waals surface area contributed by atoms with E-state index in [4.69, 9.17) is 0 Å². The predicted octanol–water partition coefficient (Wildman–Crippen LogP) is 3.72. The molecule has 0 radical (unpaired) electrons. The van der Waals surface area contributed by atoms with E-state index < -0.39 is 0 Å². The van der Waals surface area contributed by atoms with Gasteiger partial charge in [-0.3, -0.25) is 4.98 Å². The van der Waals surface area contributed by atoms with Crippen molar-refractivity contribution in [3.8, 4) is 0 Å². The van der Waals surface area contributed by atoms with Crippen LogP contribution in [-0.4, -0.2) is 11.2 Å². The fourth-order valence-corrected chi connectivity index (χ4v) is 2.20. The Hall–Kier alpha value is -0.540. The summed E-state index contributed by atoms with van der Waals surface area (Å²) in [4.78, 5) is 5.60. The molecule has 0 saturated carbocycles. The van der Waals surface area contributed by atoms with E-state index >= 15 is 0 Å². The van der Waals surface area contributed by atoms with Crippen molar-refractivity contribution >= 4 is 38.6 Å². The second-order valence-electron chi connectivity index (χ2n) is 2.68. The van der Waals surface area contributed by atoms with Crippen molar-refractivity contribution in [3.05, 3.63) is 34.9 Å². The molecule has 1 aromatic heterocycles. The Morgan fingerprint density at radius 2 is 2.23 bits per heavy atom. The molecule has 0 amide bonds. The van der Waals surface area contributed by atoms with E-state index in [0.29, 0.717) is 0 Å². The van der Waals surface area contributed by atoms with Crippen molar-refractivity contribution in [2.75, 3.05) is 6.26 Å². The highest BCUT2D eigenvalue weighted by atomic mass is 79.9. The summed E-state index contributed by atoms with van der Waals surface area (Å²) in [5, 5.41) is 1.21. The Balaban J connectivity index is 2.79. The van der Waals surface area contributed by atoms with Crippen molar-refractivity contribution in [1.29, 1.82) is 0 Å². The van der Waals surface area contributed by atoms with Crippen LogP contribution >= 0.6 is 27.7 Å². The molecule has 2 aromatic rings. The summed E-state index contributed by atoms with van der Waals surface area (Å²) >= 11 is 5.17. The maximum atomic E-state index is 4.33. The molecule has 0 spiro atoms. The van der Waals surface area contributed by atoms with E-state index in [0.717, 1.165) is 9.99 Å². The zero-order valence-electron chi connectivity index (χ0n) is 7.12. The van der Waals surface area contributed by atoms with Crippen LogP contribution in [0.2, 0.25) is 0 Å². The molecule has 0 aliphatic heterocycles. The van der Waals surface area contributed by atoms with Gasteiger partial charge in [0.05, 0.1) is 5.52 Å². The molecule has 0 atom stereocenters. The maximum Gasteiger partial charge on any atom is 0.0714 e. The van der Waals surface area contributed by atoms with E-state index in [1.165, 1.54) is 10.3 Å². The fourth-order valence-electron chi connectivity index (χ4n) is 1.27. The van der Waals surface area contributed by atoms with Crippen LogP contribution in [0.5, 0.6) is 0 Å². The third-order valence-electron chi connectivity index (χ3n) is 1.87. The molecule has 0 N–H and O–H groups in total. The van der Waals surface area contributed by atoms with Crippen LogP contribution in [0, 0.1) is 0 Å². The molecule has 0 bridgehead atoms. The summed E-state index contributed by atoms with van der Waals surface area (Å²) in [7, 11) is 0. The lowest BCUT2D eigenvalue weighted by atomic mass is 10.2. The van der Waals surface area contributed by atoms with Crippen LogP contribution in [0.3, 0.4) is 0 Å². The Kier molecular flexibility index (Phi) is 2.56. The number of nitrogens with zero attached hydrogens (tertiary/aromatic N) is 1. The smallest absolute Gasteiger partial charge is 0.0714 e. The number of benzene rings is 1. The first-order chi connectivity index (χ1) is 6.31. The number of rotatable bonds is 1. The number of hydrogen-bond acceptors (Lipinski definition) is 2. The molecule has 1 heterocycles. The van der Waals surface area contributed by atoms with Gasteiger partial charge >= 0.3 is 0 Å². The van der Waals surface area contributed by atoms with Gasteiger partial charge in [-0.15, -0.1) is 11.8 Å². The summed E-state index contributed by atoms with van der Waals surface area (Å²) in [6.07, 6.45) is 3.90. The van der Waals surface area contributed by atoms with Crippen LogP contribution < -0.4 is 0 Å². The fraction of sp³-hybridized carbons (Fsp3) is 0.100. The van der Waals surface area contributed by atoms with E-state index in [1.807, 2.05) is 18.3 Å². The first kappa shape index (κ1) is 9.03. The van der Waals surface area contributed by atoms with Gasteiger partial charge in [0.2, 0.25) is 0 Å². The Morgan fingerprint density at radius 3 is 3.00 bits per heavy atom. The lowest BCUT2D eigenvalue weighted by Gasteiger charge is -2.02. The highest BCUT2D eigenvalue weighted by molar-refractivity contribution is 9.10. The van der Waals surface area contributed by atoms with Gasteiger partial charge in [0.15, 0.2) is 0 Å². The minimum absolute atomic E-state index is 1.03. The topological polar surface area (TPSA) is 12.9 Å². The van der Waals surface area contributed by atoms with Crippen LogP contribution in [0.4, 0.5) is 0 Å². The first-order valence-electron chi connectivity index (χ1n) is 3.89. The highest BCUT2D eigenvalue weighted by Gasteiger charge is 2.00. The Morgan fingerprint density at radius 1 is 1.38 bits per heavy atom. The van der Waals surface area contributed by atoms with Crippen LogP contribution in [0.1, 0.15) is 0 Å². The molecule has 1 nitrogen and oxygen atoms in total. The molecule has 2 rings (SSSR count). The van der Waals surface area contributed by atoms with E-state index in [9.17, 15) is 0 Å². The summed E-state index contributed by atoms with van der Waals surface area (Å²) in [5.74, 6) is 0. The minimum atomic E-state index is 1.03. The summed E-state index contributed by atoms with van der Waals surface area (Å²) in [6, 6.07) is 8.28. The van der Waals surface area contributed by atoms with Gasteiger partial charge in [0, 0.05) is 21.0 Å². The second-order valence-corrected chi connectivity index (χ2v) is 4.44. The lowest BCUT2D eigenvalue weighted by molar-refractivity contribution is 1.36. The number of fused-ring (bicyclic) bond motifs is 1. The molecule has 0 unspecified atom stereocenters. The van der Waals surface area contributed by atoms with Crippen LogP contribution in [0.15, 0.2) is 39.8 Å².